The summed E-state index contributed by atoms with van der Waals surface area (Å²) >= 11 is 0. The molecule has 0 heterocycles. The molecule has 0 heteroatoms. The Bertz CT molecular complexity index is 3030. The summed E-state index contributed by atoms with van der Waals surface area (Å²) in [7, 11) is 0. The van der Waals surface area contributed by atoms with Crippen LogP contribution >= 0.6 is 0 Å². The maximum atomic E-state index is 2.46. The van der Waals surface area contributed by atoms with Crippen LogP contribution in [0.5, 0.6) is 0 Å². The van der Waals surface area contributed by atoms with E-state index in [1.807, 2.05) is 0 Å². The van der Waals surface area contributed by atoms with Crippen molar-refractivity contribution < 1.29 is 0 Å². The molecular formula is C54H40. The molecular weight excluding hydrogens is 649 g/mol. The Morgan fingerprint density at radius 2 is 0.759 bits per heavy atom. The van der Waals surface area contributed by atoms with Gasteiger partial charge in [-0.1, -0.05) is 167 Å². The summed E-state index contributed by atoms with van der Waals surface area (Å²) in [6, 6.07) is 64.0. The Hall–Kier alpha value is -6.24. The van der Waals surface area contributed by atoms with Gasteiger partial charge in [0, 0.05) is 10.8 Å². The molecule has 0 bridgehead atoms. The predicted molar refractivity (Wildman–Crippen MR) is 230 cm³/mol. The topological polar surface area (TPSA) is 0 Å². The van der Waals surface area contributed by atoms with Gasteiger partial charge in [-0.2, -0.15) is 0 Å². The minimum atomic E-state index is -0.120. The molecule has 0 aromatic heterocycles. The molecule has 9 aromatic rings. The van der Waals surface area contributed by atoms with Gasteiger partial charge in [-0.25, -0.2) is 0 Å². The highest BCUT2D eigenvalue weighted by Crippen LogP contribution is 2.53. The molecule has 0 saturated heterocycles. The van der Waals surface area contributed by atoms with Crippen LogP contribution in [0.15, 0.2) is 170 Å². The van der Waals surface area contributed by atoms with Gasteiger partial charge in [-0.3, -0.25) is 0 Å². The molecule has 0 atom stereocenters. The number of hydrogen-bond acceptors (Lipinski definition) is 0. The zero-order valence-electron chi connectivity index (χ0n) is 31.2. The molecule has 0 aliphatic heterocycles. The first-order chi connectivity index (χ1) is 26.3. The van der Waals surface area contributed by atoms with Crippen LogP contribution in [0.3, 0.4) is 0 Å². The van der Waals surface area contributed by atoms with Crippen molar-refractivity contribution in [2.75, 3.05) is 0 Å². The number of rotatable bonds is 3. The third-order valence-corrected chi connectivity index (χ3v) is 12.8. The van der Waals surface area contributed by atoms with Gasteiger partial charge in [-0.15, -0.1) is 0 Å². The van der Waals surface area contributed by atoms with Crippen LogP contribution in [0, 0.1) is 0 Å². The minimum absolute atomic E-state index is 0.0138. The first kappa shape index (κ1) is 31.3. The molecule has 256 valence electrons. The molecule has 0 fully saturated rings. The average molecular weight is 689 g/mol. The second-order valence-electron chi connectivity index (χ2n) is 16.5. The lowest BCUT2D eigenvalue weighted by molar-refractivity contribution is 0.659. The van der Waals surface area contributed by atoms with E-state index >= 15 is 0 Å². The molecule has 11 rings (SSSR count). The highest BCUT2D eigenvalue weighted by Gasteiger charge is 2.37. The van der Waals surface area contributed by atoms with Gasteiger partial charge in [0.25, 0.3) is 0 Å². The molecule has 0 nitrogen and oxygen atoms in total. The summed E-state index contributed by atoms with van der Waals surface area (Å²) in [5, 5.41) is 7.77. The fourth-order valence-electron chi connectivity index (χ4n) is 9.95. The normalized spacial score (nSPS) is 14.6. The summed E-state index contributed by atoms with van der Waals surface area (Å²) < 4.78 is 0. The molecule has 0 radical (unpaired) electrons. The van der Waals surface area contributed by atoms with E-state index in [1.54, 1.807) is 0 Å². The maximum absolute atomic E-state index is 2.46. The Morgan fingerprint density at radius 1 is 0.278 bits per heavy atom. The van der Waals surface area contributed by atoms with E-state index in [0.29, 0.717) is 0 Å². The molecule has 0 N–H and O–H groups in total. The fraction of sp³-hybridized carbons (Fsp3) is 0.111. The molecule has 54 heavy (non-hydrogen) atoms. The lowest BCUT2D eigenvalue weighted by Gasteiger charge is -2.23. The van der Waals surface area contributed by atoms with Crippen molar-refractivity contribution in [2.45, 2.75) is 38.5 Å². The summed E-state index contributed by atoms with van der Waals surface area (Å²) in [5.41, 5.74) is 18.6. The monoisotopic (exact) mass is 688 g/mol. The van der Waals surface area contributed by atoms with Gasteiger partial charge >= 0.3 is 0 Å². The second-order valence-corrected chi connectivity index (χ2v) is 16.5. The van der Waals surface area contributed by atoms with E-state index < -0.39 is 0 Å². The van der Waals surface area contributed by atoms with Crippen molar-refractivity contribution in [2.24, 2.45) is 0 Å². The SMILES string of the molecule is CC1(C)c2ccccc2-c2ccc(-c3ccc4c(c3)C(C)(C)c3cc(-c5ccc6c(ccc7cc(-c8ccccc8)c8ccccc8c76)c5)ccc3-4)cc21. The Labute approximate surface area is 317 Å². The van der Waals surface area contributed by atoms with E-state index in [-0.39, 0.29) is 10.8 Å². The van der Waals surface area contributed by atoms with Crippen LogP contribution < -0.4 is 0 Å². The van der Waals surface area contributed by atoms with Gasteiger partial charge in [0.15, 0.2) is 0 Å². The molecule has 0 amide bonds. The summed E-state index contributed by atoms with van der Waals surface area (Å²) in [6.45, 7) is 9.52. The lowest BCUT2D eigenvalue weighted by Crippen LogP contribution is -2.15. The van der Waals surface area contributed by atoms with Crippen molar-refractivity contribution in [3.8, 4) is 55.6 Å². The van der Waals surface area contributed by atoms with Gasteiger partial charge in [-0.05, 0) is 141 Å². The minimum Gasteiger partial charge on any atom is -0.0622 e. The van der Waals surface area contributed by atoms with Gasteiger partial charge < -0.3 is 0 Å². The highest BCUT2D eigenvalue weighted by molar-refractivity contribution is 6.23. The Balaban J connectivity index is 0.972. The summed E-state index contributed by atoms with van der Waals surface area (Å²) in [6.07, 6.45) is 0. The summed E-state index contributed by atoms with van der Waals surface area (Å²) in [4.78, 5) is 0. The highest BCUT2D eigenvalue weighted by atomic mass is 14.4. The largest absolute Gasteiger partial charge is 0.0622 e. The van der Waals surface area contributed by atoms with E-state index in [2.05, 4.69) is 198 Å². The van der Waals surface area contributed by atoms with Crippen molar-refractivity contribution in [3.05, 3.63) is 192 Å². The smallest absolute Gasteiger partial charge is 0.0159 e. The Kier molecular flexibility index (Phi) is 6.46. The van der Waals surface area contributed by atoms with E-state index in [0.717, 1.165) is 0 Å². The van der Waals surface area contributed by atoms with Crippen molar-refractivity contribution >= 4 is 32.3 Å². The summed E-state index contributed by atoms with van der Waals surface area (Å²) in [5.74, 6) is 0. The van der Waals surface area contributed by atoms with Crippen molar-refractivity contribution in [3.63, 3.8) is 0 Å². The molecule has 2 aliphatic rings. The fourth-order valence-corrected chi connectivity index (χ4v) is 9.95. The third kappa shape index (κ3) is 4.37. The second kappa shape index (κ2) is 11.1. The zero-order chi connectivity index (χ0) is 36.3. The molecule has 9 aromatic carbocycles. The predicted octanol–water partition coefficient (Wildman–Crippen LogP) is 14.8. The van der Waals surface area contributed by atoms with Gasteiger partial charge in [0.1, 0.15) is 0 Å². The Morgan fingerprint density at radius 3 is 1.41 bits per heavy atom. The third-order valence-electron chi connectivity index (χ3n) is 12.8. The van der Waals surface area contributed by atoms with Crippen molar-refractivity contribution in [1.29, 1.82) is 0 Å². The van der Waals surface area contributed by atoms with E-state index in [1.165, 1.54) is 110 Å². The lowest BCUT2D eigenvalue weighted by atomic mass is 9.80. The van der Waals surface area contributed by atoms with Crippen LogP contribution in [-0.4, -0.2) is 0 Å². The maximum Gasteiger partial charge on any atom is 0.0159 e. The number of fused-ring (bicyclic) bond motifs is 11. The van der Waals surface area contributed by atoms with Crippen molar-refractivity contribution in [1.82, 2.24) is 0 Å². The van der Waals surface area contributed by atoms with Crippen LogP contribution in [0.1, 0.15) is 49.9 Å². The number of hydrogen-bond donors (Lipinski definition) is 0. The quantitative estimate of drug-likeness (QED) is 0.162. The first-order valence-electron chi connectivity index (χ1n) is 19.3. The van der Waals surface area contributed by atoms with E-state index in [9.17, 15) is 0 Å². The molecule has 0 saturated carbocycles. The van der Waals surface area contributed by atoms with E-state index in [4.69, 9.17) is 0 Å². The van der Waals surface area contributed by atoms with Crippen LogP contribution in [0.25, 0.3) is 88.0 Å². The standard InChI is InChI=1S/C54H40/c1-53(2)48-17-11-10-15-42(48)43-25-22-36(31-49(43)53)37-23-27-45-44-26-21-35(30-50(44)54(3,4)51(45)32-37)34-20-24-40-38(28-34)18-19-39-29-47(33-12-6-5-7-13-33)41-14-8-9-16-46(41)52(39)40/h5-32H,1-4H3. The molecule has 2 aliphatic carbocycles. The first-order valence-corrected chi connectivity index (χ1v) is 19.3. The van der Waals surface area contributed by atoms with Crippen LogP contribution in [-0.2, 0) is 10.8 Å². The van der Waals surface area contributed by atoms with Gasteiger partial charge in [0.05, 0.1) is 0 Å². The molecule has 0 unspecified atom stereocenters. The zero-order valence-corrected chi connectivity index (χ0v) is 31.2. The van der Waals surface area contributed by atoms with Gasteiger partial charge in [0.2, 0.25) is 0 Å². The number of benzene rings is 9. The average Bonchev–Trinajstić information content (AvgIpc) is 3.58. The van der Waals surface area contributed by atoms with Crippen LogP contribution in [0.4, 0.5) is 0 Å². The van der Waals surface area contributed by atoms with Crippen LogP contribution in [0.2, 0.25) is 0 Å². The molecule has 0 spiro atoms.